The van der Waals surface area contributed by atoms with Crippen LogP contribution >= 0.6 is 0 Å². The van der Waals surface area contributed by atoms with Crippen molar-refractivity contribution in [3.8, 4) is 0 Å². The van der Waals surface area contributed by atoms with Gasteiger partial charge in [-0.1, -0.05) is 54.7 Å². The highest BCUT2D eigenvalue weighted by Gasteiger charge is 1.89. The molecule has 1 aliphatic carbocycles. The first-order valence-corrected chi connectivity index (χ1v) is 3.68. The molecule has 0 aromatic heterocycles. The Bertz CT molecular complexity index is 260. The Morgan fingerprint density at radius 1 is 1.09 bits per heavy atom. The molecule has 0 saturated heterocycles. The van der Waals surface area contributed by atoms with Crippen LogP contribution in [0, 0.1) is 0 Å². The van der Waals surface area contributed by atoms with Crippen LogP contribution in [-0.4, -0.2) is 0 Å². The van der Waals surface area contributed by atoms with Gasteiger partial charge in [0.2, 0.25) is 0 Å². The fourth-order valence-electron chi connectivity index (χ4n) is 0.851. The molecular weight excluding hydrogens is 132 g/mol. The van der Waals surface area contributed by atoms with E-state index in [1.807, 2.05) is 37.3 Å². The van der Waals surface area contributed by atoms with Crippen LogP contribution in [0.4, 0.5) is 0 Å². The van der Waals surface area contributed by atoms with Crippen molar-refractivity contribution in [1.82, 2.24) is 0 Å². The zero-order valence-corrected chi connectivity index (χ0v) is 6.75. The van der Waals surface area contributed by atoms with Crippen molar-refractivity contribution in [3.63, 3.8) is 0 Å². The summed E-state index contributed by atoms with van der Waals surface area (Å²) in [7, 11) is 0. The van der Waals surface area contributed by atoms with Gasteiger partial charge < -0.3 is 0 Å². The monoisotopic (exact) mass is 144 g/mol. The second kappa shape index (κ2) is 3.77. The van der Waals surface area contributed by atoms with E-state index in [1.165, 1.54) is 5.57 Å². The maximum Gasteiger partial charge on any atom is -0.0233 e. The third-order valence-electron chi connectivity index (χ3n) is 1.49. The van der Waals surface area contributed by atoms with Gasteiger partial charge in [0.25, 0.3) is 0 Å². The molecule has 0 aromatic carbocycles. The molecule has 56 valence electrons. The summed E-state index contributed by atoms with van der Waals surface area (Å²) in [6, 6.07) is 0. The lowest BCUT2D eigenvalue weighted by molar-refractivity contribution is 1.45. The van der Waals surface area contributed by atoms with Crippen LogP contribution in [0.1, 0.15) is 6.92 Å². The Hall–Kier alpha value is -1.30. The summed E-state index contributed by atoms with van der Waals surface area (Å²) < 4.78 is 0. The van der Waals surface area contributed by atoms with Gasteiger partial charge in [-0.25, -0.2) is 0 Å². The molecule has 0 amide bonds. The van der Waals surface area contributed by atoms with Crippen LogP contribution < -0.4 is 0 Å². The van der Waals surface area contributed by atoms with Crippen molar-refractivity contribution in [1.29, 1.82) is 0 Å². The lowest BCUT2D eigenvalue weighted by Gasteiger charge is -1.98. The summed E-state index contributed by atoms with van der Waals surface area (Å²) in [4.78, 5) is 0. The van der Waals surface area contributed by atoms with E-state index in [0.717, 1.165) is 5.57 Å². The van der Waals surface area contributed by atoms with E-state index in [1.54, 1.807) is 0 Å². The minimum atomic E-state index is 1.10. The average molecular weight is 144 g/mol. The molecule has 1 aliphatic rings. The highest BCUT2D eigenvalue weighted by atomic mass is 13.9. The third-order valence-corrected chi connectivity index (χ3v) is 1.49. The minimum Gasteiger partial charge on any atom is -0.0955 e. The molecule has 0 aliphatic heterocycles. The van der Waals surface area contributed by atoms with Crippen LogP contribution in [0.25, 0.3) is 0 Å². The zero-order chi connectivity index (χ0) is 8.10. The predicted octanol–water partition coefficient (Wildman–Crippen LogP) is 3.17. The number of allylic oxidation sites excluding steroid dienone is 9. The average Bonchev–Trinajstić information content (AvgIpc) is 1.84. The maximum absolute atomic E-state index is 3.87. The summed E-state index contributed by atoms with van der Waals surface area (Å²) in [5.74, 6) is 0. The van der Waals surface area contributed by atoms with Crippen molar-refractivity contribution in [2.75, 3.05) is 0 Å². The fraction of sp³-hybridized carbons (Fsp3) is 0.0909. The third kappa shape index (κ3) is 2.42. The molecule has 0 fully saturated rings. The molecule has 0 heterocycles. The molecule has 0 unspecified atom stereocenters. The molecule has 0 N–H and O–H groups in total. The molecule has 0 saturated carbocycles. The lowest BCUT2D eigenvalue weighted by Crippen LogP contribution is -1.78. The second-order valence-corrected chi connectivity index (χ2v) is 2.53. The van der Waals surface area contributed by atoms with Gasteiger partial charge in [0, 0.05) is 0 Å². The SMILES string of the molecule is C=C(C)C1=CC=CC=CC=C1. The van der Waals surface area contributed by atoms with Crippen LogP contribution in [-0.2, 0) is 0 Å². The van der Waals surface area contributed by atoms with Gasteiger partial charge in [-0.05, 0) is 12.5 Å². The van der Waals surface area contributed by atoms with E-state index in [9.17, 15) is 0 Å². The smallest absolute Gasteiger partial charge is 0.0233 e. The quantitative estimate of drug-likeness (QED) is 0.530. The molecule has 0 heteroatoms. The first-order valence-electron chi connectivity index (χ1n) is 3.68. The van der Waals surface area contributed by atoms with Crippen LogP contribution in [0.5, 0.6) is 0 Å². The van der Waals surface area contributed by atoms with Crippen molar-refractivity contribution < 1.29 is 0 Å². The van der Waals surface area contributed by atoms with E-state index >= 15 is 0 Å². The molecule has 11 heavy (non-hydrogen) atoms. The summed E-state index contributed by atoms with van der Waals surface area (Å²) in [5, 5.41) is 0. The fourth-order valence-corrected chi connectivity index (χ4v) is 0.851. The lowest BCUT2D eigenvalue weighted by atomic mass is 10.1. The molecule has 0 radical (unpaired) electrons. The zero-order valence-electron chi connectivity index (χ0n) is 6.75. The Kier molecular flexibility index (Phi) is 2.67. The van der Waals surface area contributed by atoms with E-state index in [0.29, 0.717) is 0 Å². The van der Waals surface area contributed by atoms with Gasteiger partial charge in [0.15, 0.2) is 0 Å². The van der Waals surface area contributed by atoms with Gasteiger partial charge >= 0.3 is 0 Å². The summed E-state index contributed by atoms with van der Waals surface area (Å²) in [5.41, 5.74) is 2.28. The molecule has 0 nitrogen and oxygen atoms in total. The van der Waals surface area contributed by atoms with Crippen LogP contribution in [0.15, 0.2) is 60.3 Å². The molecule has 0 bridgehead atoms. The molecule has 0 spiro atoms. The highest BCUT2D eigenvalue weighted by molar-refractivity contribution is 5.41. The Balaban J connectivity index is 2.87. The topological polar surface area (TPSA) is 0 Å². The predicted molar refractivity (Wildman–Crippen MR) is 50.3 cm³/mol. The van der Waals surface area contributed by atoms with Gasteiger partial charge in [-0.2, -0.15) is 0 Å². The normalized spacial score (nSPS) is 15.5. The van der Waals surface area contributed by atoms with Gasteiger partial charge in [-0.3, -0.25) is 0 Å². The molecule has 1 rings (SSSR count). The van der Waals surface area contributed by atoms with Crippen LogP contribution in [0.3, 0.4) is 0 Å². The van der Waals surface area contributed by atoms with Crippen molar-refractivity contribution in [2.45, 2.75) is 6.92 Å². The number of hydrogen-bond donors (Lipinski definition) is 0. The van der Waals surface area contributed by atoms with Crippen LogP contribution in [0.2, 0.25) is 0 Å². The first-order chi connectivity index (χ1) is 5.30. The van der Waals surface area contributed by atoms with E-state index in [4.69, 9.17) is 0 Å². The maximum atomic E-state index is 3.87. The van der Waals surface area contributed by atoms with E-state index in [-0.39, 0.29) is 0 Å². The molecule has 0 aromatic rings. The van der Waals surface area contributed by atoms with Crippen molar-refractivity contribution in [2.24, 2.45) is 0 Å². The summed E-state index contributed by atoms with van der Waals surface area (Å²) in [6.45, 7) is 5.88. The van der Waals surface area contributed by atoms with Gasteiger partial charge in [0.1, 0.15) is 0 Å². The standard InChI is InChI=1S/C11H12/c1-10(2)11-8-6-4-3-5-7-9-11/h3-9H,1H2,2H3. The second-order valence-electron chi connectivity index (χ2n) is 2.53. The highest BCUT2D eigenvalue weighted by Crippen LogP contribution is 2.09. The largest absolute Gasteiger partial charge is 0.0955 e. The van der Waals surface area contributed by atoms with Crippen molar-refractivity contribution in [3.05, 3.63) is 60.3 Å². The molecule has 0 atom stereocenters. The summed E-state index contributed by atoms with van der Waals surface area (Å²) in [6.07, 6.45) is 14.2. The Morgan fingerprint density at radius 3 is 2.45 bits per heavy atom. The summed E-state index contributed by atoms with van der Waals surface area (Å²) >= 11 is 0. The number of hydrogen-bond acceptors (Lipinski definition) is 0. The van der Waals surface area contributed by atoms with E-state index < -0.39 is 0 Å². The van der Waals surface area contributed by atoms with E-state index in [2.05, 4.69) is 18.7 Å². The Morgan fingerprint density at radius 2 is 1.73 bits per heavy atom. The van der Waals surface area contributed by atoms with Gasteiger partial charge in [-0.15, -0.1) is 0 Å². The minimum absolute atomic E-state index is 1.10. The Labute approximate surface area is 67.9 Å². The number of rotatable bonds is 1. The van der Waals surface area contributed by atoms with Crippen molar-refractivity contribution >= 4 is 0 Å². The first kappa shape index (κ1) is 7.80. The molecular formula is C11H12. The van der Waals surface area contributed by atoms with Gasteiger partial charge in [0.05, 0.1) is 0 Å².